The lowest BCUT2D eigenvalue weighted by molar-refractivity contribution is 0.0145. The lowest BCUT2D eigenvalue weighted by Crippen LogP contribution is -2.56. The number of fused-ring (bicyclic) bond motifs is 3. The van der Waals surface area contributed by atoms with Gasteiger partial charge in [-0.05, 0) is 96.4 Å². The molecular formula is C36H44FN7O3. The van der Waals surface area contributed by atoms with E-state index in [4.69, 9.17) is 24.4 Å². The maximum Gasteiger partial charge on any atom is 0.410 e. The number of amides is 1. The number of nitrogens with zero attached hydrogens (tertiary/aromatic N) is 7. The topological polar surface area (TPSA) is 108 Å². The number of carbonyl (C=O) groups excluding carboxylic acids is 1. The average Bonchev–Trinajstić information content (AvgIpc) is 3.64. The molecule has 248 valence electrons. The average molecular weight is 642 g/mol. The first-order valence-electron chi connectivity index (χ1n) is 17.1. The third-order valence-electron chi connectivity index (χ3n) is 10.3. The molecule has 0 spiro atoms. The van der Waals surface area contributed by atoms with Crippen LogP contribution >= 0.6 is 0 Å². The predicted molar refractivity (Wildman–Crippen MR) is 177 cm³/mol. The Bertz CT molecular complexity index is 1710. The molecule has 1 aromatic carbocycles. The van der Waals surface area contributed by atoms with E-state index >= 15 is 4.39 Å². The molecule has 0 bridgehead atoms. The Balaban J connectivity index is 1.27. The number of piperazine rings is 1. The van der Waals surface area contributed by atoms with Crippen molar-refractivity contribution in [1.29, 1.82) is 5.26 Å². The van der Waals surface area contributed by atoms with Crippen LogP contribution in [0.3, 0.4) is 0 Å². The summed E-state index contributed by atoms with van der Waals surface area (Å²) in [5.41, 5.74) is 3.01. The number of pyridine rings is 1. The third kappa shape index (κ3) is 6.08. The summed E-state index contributed by atoms with van der Waals surface area (Å²) in [7, 11) is 0. The molecule has 0 N–H and O–H groups in total. The number of aromatic nitrogens is 3. The van der Waals surface area contributed by atoms with E-state index in [1.807, 2.05) is 37.8 Å². The van der Waals surface area contributed by atoms with E-state index in [0.29, 0.717) is 43.1 Å². The van der Waals surface area contributed by atoms with Gasteiger partial charge in [-0.3, -0.25) is 9.88 Å². The van der Waals surface area contributed by atoms with E-state index in [0.717, 1.165) is 75.6 Å². The number of hydrogen-bond acceptors (Lipinski definition) is 9. The number of benzene rings is 1. The fraction of sp³-hybridized carbons (Fsp3) is 0.583. The molecule has 3 fully saturated rings. The van der Waals surface area contributed by atoms with Crippen LogP contribution in [0.5, 0.6) is 6.01 Å². The quantitative estimate of drug-likeness (QED) is 0.318. The smallest absolute Gasteiger partial charge is 0.410 e. The van der Waals surface area contributed by atoms with Crippen LogP contribution in [0, 0.1) is 17.1 Å². The van der Waals surface area contributed by atoms with E-state index in [1.165, 1.54) is 5.56 Å². The van der Waals surface area contributed by atoms with Crippen LogP contribution in [0.25, 0.3) is 22.2 Å². The zero-order valence-electron chi connectivity index (χ0n) is 27.7. The van der Waals surface area contributed by atoms with E-state index in [1.54, 1.807) is 11.1 Å². The van der Waals surface area contributed by atoms with Crippen molar-refractivity contribution in [2.75, 3.05) is 44.2 Å². The van der Waals surface area contributed by atoms with Crippen LogP contribution in [0.15, 0.2) is 24.4 Å². The molecule has 0 radical (unpaired) electrons. The highest BCUT2D eigenvalue weighted by atomic mass is 19.1. The molecule has 2 aromatic heterocycles. The van der Waals surface area contributed by atoms with Gasteiger partial charge in [0, 0.05) is 31.4 Å². The minimum atomic E-state index is -0.660. The molecule has 3 aliphatic heterocycles. The number of nitriles is 1. The third-order valence-corrected chi connectivity index (χ3v) is 10.3. The van der Waals surface area contributed by atoms with Crippen LogP contribution in [0.4, 0.5) is 15.0 Å². The van der Waals surface area contributed by atoms with Crippen molar-refractivity contribution in [2.24, 2.45) is 0 Å². The first-order chi connectivity index (χ1) is 22.7. The van der Waals surface area contributed by atoms with Crippen LogP contribution in [0.1, 0.15) is 76.8 Å². The second-order valence-corrected chi connectivity index (χ2v) is 14.5. The van der Waals surface area contributed by atoms with Gasteiger partial charge in [0.05, 0.1) is 29.5 Å². The summed E-state index contributed by atoms with van der Waals surface area (Å²) in [5, 5.41) is 10.2. The number of rotatable bonds is 6. The van der Waals surface area contributed by atoms with Crippen molar-refractivity contribution >= 4 is 22.8 Å². The molecule has 0 unspecified atom stereocenters. The monoisotopic (exact) mass is 641 g/mol. The Labute approximate surface area is 275 Å². The second-order valence-electron chi connectivity index (χ2n) is 14.5. The molecule has 3 saturated heterocycles. The van der Waals surface area contributed by atoms with Gasteiger partial charge in [-0.25, -0.2) is 9.18 Å². The molecule has 47 heavy (non-hydrogen) atoms. The molecule has 1 aliphatic carbocycles. The van der Waals surface area contributed by atoms with Gasteiger partial charge >= 0.3 is 12.1 Å². The lowest BCUT2D eigenvalue weighted by Gasteiger charge is -2.41. The van der Waals surface area contributed by atoms with Gasteiger partial charge in [0.15, 0.2) is 5.82 Å². The summed E-state index contributed by atoms with van der Waals surface area (Å²) in [5.74, 6) is 0.00878. The molecule has 5 heterocycles. The summed E-state index contributed by atoms with van der Waals surface area (Å²) >= 11 is 0. The van der Waals surface area contributed by atoms with Crippen molar-refractivity contribution in [3.63, 3.8) is 0 Å². The first-order valence-corrected chi connectivity index (χ1v) is 17.1. The minimum absolute atomic E-state index is 0.0273. The Morgan fingerprint density at radius 3 is 2.64 bits per heavy atom. The van der Waals surface area contributed by atoms with Crippen molar-refractivity contribution in [3.8, 4) is 23.3 Å². The molecule has 3 aromatic rings. The highest BCUT2D eigenvalue weighted by Gasteiger charge is 2.45. The van der Waals surface area contributed by atoms with Crippen molar-refractivity contribution in [2.45, 2.75) is 95.7 Å². The van der Waals surface area contributed by atoms with E-state index < -0.39 is 23.6 Å². The van der Waals surface area contributed by atoms with Crippen molar-refractivity contribution < 1.29 is 18.7 Å². The maximum atomic E-state index is 16.8. The highest BCUT2D eigenvalue weighted by Crippen LogP contribution is 2.40. The number of hydrogen-bond donors (Lipinski definition) is 0. The van der Waals surface area contributed by atoms with Crippen molar-refractivity contribution in [3.05, 3.63) is 41.3 Å². The SMILES string of the molecule is CC(C)(C)OC(=O)N1CCN(c2nc(OCC34CCCN3CCC4)nc3c(F)c(-c4cccc5c4CCCC5)ncc23)C[C@@H]1CC#N. The van der Waals surface area contributed by atoms with Gasteiger partial charge in [0.1, 0.15) is 29.2 Å². The number of anilines is 1. The van der Waals surface area contributed by atoms with Gasteiger partial charge in [-0.1, -0.05) is 18.2 Å². The molecule has 10 nitrogen and oxygen atoms in total. The highest BCUT2D eigenvalue weighted by molar-refractivity contribution is 5.92. The Morgan fingerprint density at radius 2 is 1.87 bits per heavy atom. The minimum Gasteiger partial charge on any atom is -0.461 e. The Hall–Kier alpha value is -4.04. The van der Waals surface area contributed by atoms with E-state index in [-0.39, 0.29) is 23.5 Å². The van der Waals surface area contributed by atoms with Gasteiger partial charge in [-0.15, -0.1) is 0 Å². The summed E-state index contributed by atoms with van der Waals surface area (Å²) in [6.45, 7) is 9.13. The number of halogens is 1. The molecule has 11 heteroatoms. The summed E-state index contributed by atoms with van der Waals surface area (Å²) < 4.78 is 28.8. The standard InChI is InChI=1S/C36H44FN7O3/c1-35(2,3)47-34(45)44-20-19-42(22-25(44)13-16-38)32-28-21-39-30(27-12-6-10-24-9-4-5-11-26(24)27)29(37)31(28)40-33(41-32)46-23-36-14-7-17-43(36)18-8-15-36/h6,10,12,21,25H,4-5,7-9,11,13-15,17-20,22-23H2,1-3H3/t25-/m0/s1. The normalized spacial score (nSPS) is 21.0. The van der Waals surface area contributed by atoms with Crippen LogP contribution in [-0.2, 0) is 17.6 Å². The van der Waals surface area contributed by atoms with Gasteiger partial charge in [0.2, 0.25) is 0 Å². The maximum absolute atomic E-state index is 16.8. The summed E-state index contributed by atoms with van der Waals surface area (Å²) in [6.07, 6.45) is 9.84. The summed E-state index contributed by atoms with van der Waals surface area (Å²) in [4.78, 5) is 33.5. The zero-order valence-corrected chi connectivity index (χ0v) is 27.7. The number of aryl methyl sites for hydroxylation is 1. The molecule has 0 saturated carbocycles. The molecule has 1 amide bonds. The number of ether oxygens (including phenoxy) is 2. The fourth-order valence-corrected chi connectivity index (χ4v) is 8.07. The Morgan fingerprint density at radius 1 is 1.09 bits per heavy atom. The van der Waals surface area contributed by atoms with Gasteiger partial charge in [0.25, 0.3) is 0 Å². The Kier molecular flexibility index (Phi) is 8.41. The largest absolute Gasteiger partial charge is 0.461 e. The second kappa shape index (κ2) is 12.5. The molecule has 1 atom stereocenters. The van der Waals surface area contributed by atoms with Gasteiger partial charge < -0.3 is 19.3 Å². The van der Waals surface area contributed by atoms with E-state index in [9.17, 15) is 10.1 Å². The predicted octanol–water partition coefficient (Wildman–Crippen LogP) is 6.06. The van der Waals surface area contributed by atoms with E-state index in [2.05, 4.69) is 17.0 Å². The van der Waals surface area contributed by atoms with Crippen LogP contribution in [-0.4, -0.2) is 87.4 Å². The van der Waals surface area contributed by atoms with Crippen LogP contribution < -0.4 is 9.64 Å². The first kappa shape index (κ1) is 31.6. The van der Waals surface area contributed by atoms with Crippen molar-refractivity contribution in [1.82, 2.24) is 24.8 Å². The van der Waals surface area contributed by atoms with Gasteiger partial charge in [-0.2, -0.15) is 15.2 Å². The zero-order chi connectivity index (χ0) is 32.8. The lowest BCUT2D eigenvalue weighted by atomic mass is 9.87. The molecule has 7 rings (SSSR count). The summed E-state index contributed by atoms with van der Waals surface area (Å²) in [6, 6.07) is 8.00. The number of carbonyl (C=O) groups is 1. The molecule has 4 aliphatic rings. The molecular weight excluding hydrogens is 597 g/mol. The fourth-order valence-electron chi connectivity index (χ4n) is 8.07. The van der Waals surface area contributed by atoms with Crippen LogP contribution in [0.2, 0.25) is 0 Å².